The van der Waals surface area contributed by atoms with Gasteiger partial charge in [-0.25, -0.2) is 14.8 Å². The molecule has 5 heterocycles. The third-order valence-electron chi connectivity index (χ3n) is 6.80. The van der Waals surface area contributed by atoms with Gasteiger partial charge in [0.2, 0.25) is 0 Å². The summed E-state index contributed by atoms with van der Waals surface area (Å²) in [4.78, 5) is 26.8. The number of halogens is 1. The first-order valence-electron chi connectivity index (χ1n) is 11.5. The molecule has 1 aromatic carbocycles. The van der Waals surface area contributed by atoms with Crippen LogP contribution in [0, 0.1) is 5.92 Å². The SMILES string of the molecule is Cn1cncc1-c1c2c(nn1Cc1ccnc3ccc(Cl)cc13)n(CC1CC1)c(=O)n1ccnc21. The smallest absolute Gasteiger partial charge is 0.332 e. The number of rotatable bonds is 5. The van der Waals surface area contributed by atoms with E-state index in [1.54, 1.807) is 33.9 Å². The molecule has 0 unspecified atom stereocenters. The minimum Gasteiger partial charge on any atom is -0.332 e. The number of hydrogen-bond acceptors (Lipinski definition) is 5. The monoisotopic (exact) mass is 484 g/mol. The fraction of sp³-hybridized carbons (Fsp3) is 0.240. The summed E-state index contributed by atoms with van der Waals surface area (Å²) in [6, 6.07) is 7.68. The van der Waals surface area contributed by atoms with Gasteiger partial charge in [0.1, 0.15) is 0 Å². The molecule has 10 heteroatoms. The van der Waals surface area contributed by atoms with Crippen molar-refractivity contribution >= 4 is 39.2 Å². The molecule has 35 heavy (non-hydrogen) atoms. The predicted molar refractivity (Wildman–Crippen MR) is 134 cm³/mol. The second kappa shape index (κ2) is 7.51. The van der Waals surface area contributed by atoms with E-state index in [4.69, 9.17) is 16.7 Å². The highest BCUT2D eigenvalue weighted by Crippen LogP contribution is 2.35. The lowest BCUT2D eigenvalue weighted by Gasteiger charge is -2.11. The minimum absolute atomic E-state index is 0.112. The first kappa shape index (κ1) is 20.4. The van der Waals surface area contributed by atoms with Crippen LogP contribution in [-0.2, 0) is 20.1 Å². The Bertz CT molecular complexity index is 1820. The maximum atomic E-state index is 13.4. The van der Waals surface area contributed by atoms with Gasteiger partial charge in [-0.1, -0.05) is 11.6 Å². The fourth-order valence-electron chi connectivity index (χ4n) is 4.87. The molecular formula is C25H21ClN8O. The molecule has 7 rings (SSSR count). The third-order valence-corrected chi connectivity index (χ3v) is 7.04. The van der Waals surface area contributed by atoms with Crippen LogP contribution < -0.4 is 5.69 Å². The van der Waals surface area contributed by atoms with Gasteiger partial charge < -0.3 is 4.57 Å². The molecule has 1 aliphatic carbocycles. The summed E-state index contributed by atoms with van der Waals surface area (Å²) in [6.45, 7) is 1.12. The van der Waals surface area contributed by atoms with Crippen LogP contribution in [0.1, 0.15) is 18.4 Å². The minimum atomic E-state index is -0.112. The van der Waals surface area contributed by atoms with Gasteiger partial charge in [0.15, 0.2) is 11.3 Å². The Kier molecular flexibility index (Phi) is 4.38. The Labute approximate surface area is 204 Å². The molecule has 5 aromatic heterocycles. The van der Waals surface area contributed by atoms with Crippen molar-refractivity contribution in [3.05, 3.63) is 76.5 Å². The van der Waals surface area contributed by atoms with Gasteiger partial charge in [0.05, 0.1) is 41.4 Å². The largest absolute Gasteiger partial charge is 0.335 e. The standard InChI is InChI=1S/C25H21ClN8O/c1-31-14-27-11-20(31)22-21-23-29-8-9-32(23)25(35)33(12-15-2-3-15)24(21)30-34(22)13-16-6-7-28-19-5-4-17(26)10-18(16)19/h4-11,14-15H,2-3,12-13H2,1H3. The number of fused-ring (bicyclic) bond motifs is 4. The average Bonchev–Trinajstić information content (AvgIpc) is 3.20. The molecule has 1 fully saturated rings. The molecule has 0 atom stereocenters. The van der Waals surface area contributed by atoms with Crippen LogP contribution in [0.25, 0.3) is 39.0 Å². The summed E-state index contributed by atoms with van der Waals surface area (Å²) < 4.78 is 7.34. The topological polar surface area (TPSA) is 87.8 Å². The van der Waals surface area contributed by atoms with Gasteiger partial charge in [0, 0.05) is 42.6 Å². The Morgan fingerprint density at radius 2 is 2.00 bits per heavy atom. The summed E-state index contributed by atoms with van der Waals surface area (Å²) in [5, 5.41) is 7.50. The molecule has 0 bridgehead atoms. The van der Waals surface area contributed by atoms with Crippen LogP contribution in [0.15, 0.2) is 60.2 Å². The van der Waals surface area contributed by atoms with Crippen molar-refractivity contribution in [1.82, 2.24) is 38.3 Å². The van der Waals surface area contributed by atoms with E-state index in [9.17, 15) is 4.79 Å². The molecule has 1 aliphatic rings. The molecule has 174 valence electrons. The fourth-order valence-corrected chi connectivity index (χ4v) is 5.04. The Hall–Kier alpha value is -3.98. The maximum Gasteiger partial charge on any atom is 0.335 e. The number of hydrogen-bond donors (Lipinski definition) is 0. The second-order valence-corrected chi connectivity index (χ2v) is 9.62. The van der Waals surface area contributed by atoms with Crippen LogP contribution in [0.2, 0.25) is 5.02 Å². The molecule has 6 aromatic rings. The summed E-state index contributed by atoms with van der Waals surface area (Å²) in [7, 11) is 1.95. The number of aromatic nitrogens is 8. The molecule has 0 spiro atoms. The van der Waals surface area contributed by atoms with Crippen molar-refractivity contribution < 1.29 is 0 Å². The van der Waals surface area contributed by atoms with Crippen molar-refractivity contribution in [2.24, 2.45) is 13.0 Å². The van der Waals surface area contributed by atoms with Crippen LogP contribution in [0.3, 0.4) is 0 Å². The van der Waals surface area contributed by atoms with E-state index < -0.39 is 0 Å². The zero-order chi connectivity index (χ0) is 23.7. The van der Waals surface area contributed by atoms with Crippen molar-refractivity contribution in [3.8, 4) is 11.4 Å². The van der Waals surface area contributed by atoms with Gasteiger partial charge in [-0.3, -0.25) is 18.6 Å². The molecule has 9 nitrogen and oxygen atoms in total. The molecule has 0 radical (unpaired) electrons. The Morgan fingerprint density at radius 3 is 2.80 bits per heavy atom. The number of benzene rings is 1. The third kappa shape index (κ3) is 3.19. The molecule has 0 amide bonds. The zero-order valence-corrected chi connectivity index (χ0v) is 19.7. The van der Waals surface area contributed by atoms with Gasteiger partial charge in [0.25, 0.3) is 0 Å². The summed E-state index contributed by atoms with van der Waals surface area (Å²) >= 11 is 6.33. The number of nitrogens with zero attached hydrogens (tertiary/aromatic N) is 8. The van der Waals surface area contributed by atoms with E-state index in [0.717, 1.165) is 46.1 Å². The number of pyridine rings is 1. The van der Waals surface area contributed by atoms with Crippen LogP contribution in [0.5, 0.6) is 0 Å². The first-order valence-corrected chi connectivity index (χ1v) is 11.9. The zero-order valence-electron chi connectivity index (χ0n) is 19.0. The van der Waals surface area contributed by atoms with Crippen molar-refractivity contribution in [2.45, 2.75) is 25.9 Å². The molecule has 0 saturated heterocycles. The highest BCUT2D eigenvalue weighted by molar-refractivity contribution is 6.31. The van der Waals surface area contributed by atoms with E-state index >= 15 is 0 Å². The molecule has 1 saturated carbocycles. The molecule has 0 aliphatic heterocycles. The van der Waals surface area contributed by atoms with E-state index in [-0.39, 0.29) is 5.69 Å². The predicted octanol–water partition coefficient (Wildman–Crippen LogP) is 3.91. The lowest BCUT2D eigenvalue weighted by atomic mass is 10.1. The van der Waals surface area contributed by atoms with Crippen LogP contribution in [-0.4, -0.2) is 38.3 Å². The van der Waals surface area contributed by atoms with Crippen LogP contribution in [0.4, 0.5) is 0 Å². The number of imidazole rings is 2. The lowest BCUT2D eigenvalue weighted by Crippen LogP contribution is -2.27. The molecular weight excluding hydrogens is 464 g/mol. The van der Waals surface area contributed by atoms with Gasteiger partial charge in [-0.05, 0) is 48.6 Å². The van der Waals surface area contributed by atoms with Gasteiger partial charge >= 0.3 is 5.69 Å². The highest BCUT2D eigenvalue weighted by atomic mass is 35.5. The average molecular weight is 485 g/mol. The summed E-state index contributed by atoms with van der Waals surface area (Å²) in [5.74, 6) is 0.508. The van der Waals surface area contributed by atoms with Crippen molar-refractivity contribution in [2.75, 3.05) is 0 Å². The normalized spacial score (nSPS) is 14.0. The lowest BCUT2D eigenvalue weighted by molar-refractivity contribution is 0.595. The summed E-state index contributed by atoms with van der Waals surface area (Å²) in [5.41, 5.74) is 4.80. The first-order chi connectivity index (χ1) is 17.1. The van der Waals surface area contributed by atoms with Crippen LogP contribution >= 0.6 is 11.6 Å². The second-order valence-electron chi connectivity index (χ2n) is 9.18. The highest BCUT2D eigenvalue weighted by Gasteiger charge is 2.28. The Balaban J connectivity index is 1.55. The van der Waals surface area contributed by atoms with E-state index in [2.05, 4.69) is 15.0 Å². The Morgan fingerprint density at radius 1 is 1.11 bits per heavy atom. The van der Waals surface area contributed by atoms with E-state index in [0.29, 0.717) is 35.3 Å². The quantitative estimate of drug-likeness (QED) is 0.370. The van der Waals surface area contributed by atoms with Crippen molar-refractivity contribution in [3.63, 3.8) is 0 Å². The molecule has 0 N–H and O–H groups in total. The summed E-state index contributed by atoms with van der Waals surface area (Å²) in [6.07, 6.45) is 11.1. The van der Waals surface area contributed by atoms with E-state index in [1.807, 2.05) is 46.8 Å². The van der Waals surface area contributed by atoms with Gasteiger partial charge in [-0.15, -0.1) is 0 Å². The van der Waals surface area contributed by atoms with Gasteiger partial charge in [-0.2, -0.15) is 5.10 Å². The number of aryl methyl sites for hydroxylation is 1. The van der Waals surface area contributed by atoms with Crippen molar-refractivity contribution in [1.29, 1.82) is 0 Å². The maximum absolute atomic E-state index is 13.4. The van der Waals surface area contributed by atoms with E-state index in [1.165, 1.54) is 0 Å².